The van der Waals surface area contributed by atoms with E-state index in [4.69, 9.17) is 4.74 Å². The van der Waals surface area contributed by atoms with Crippen molar-refractivity contribution in [3.8, 4) is 0 Å². The highest BCUT2D eigenvalue weighted by atomic mass is 16.5. The largest absolute Gasteiger partial charge is 0.384 e. The van der Waals surface area contributed by atoms with Gasteiger partial charge in [0.05, 0.1) is 6.61 Å². The van der Waals surface area contributed by atoms with Crippen LogP contribution in [0.4, 0.5) is 0 Å². The first-order chi connectivity index (χ1) is 7.36. The highest BCUT2D eigenvalue weighted by Crippen LogP contribution is 2.15. The molecule has 90 valence electrons. The summed E-state index contributed by atoms with van der Waals surface area (Å²) >= 11 is 0. The van der Waals surface area contributed by atoms with Crippen LogP contribution in [0.5, 0.6) is 0 Å². The summed E-state index contributed by atoms with van der Waals surface area (Å²) in [7, 11) is 1.80. The number of ether oxygens (including phenoxy) is 1. The third-order valence-corrected chi connectivity index (χ3v) is 3.08. The van der Waals surface area contributed by atoms with Crippen LogP contribution >= 0.6 is 0 Å². The molecule has 1 unspecified atom stereocenters. The van der Waals surface area contributed by atoms with Gasteiger partial charge in [0.25, 0.3) is 0 Å². The number of hydrogen-bond donors (Lipinski definition) is 1. The standard InChI is InChI=1S/C12H26N2O/c1-3-4-6-13-7-9-14-8-5-12(10-14)11-15-2/h12-13H,3-11H2,1-2H3. The Morgan fingerprint density at radius 2 is 2.27 bits per heavy atom. The van der Waals surface area contributed by atoms with Gasteiger partial charge < -0.3 is 15.0 Å². The second kappa shape index (κ2) is 8.08. The van der Waals surface area contributed by atoms with Crippen LogP contribution in [-0.4, -0.2) is 51.3 Å². The van der Waals surface area contributed by atoms with Crippen molar-refractivity contribution in [3.05, 3.63) is 0 Å². The first-order valence-electron chi connectivity index (χ1n) is 6.28. The first kappa shape index (κ1) is 12.9. The zero-order chi connectivity index (χ0) is 10.9. The monoisotopic (exact) mass is 214 g/mol. The van der Waals surface area contributed by atoms with Gasteiger partial charge in [-0.05, 0) is 31.8 Å². The topological polar surface area (TPSA) is 24.5 Å². The molecule has 1 saturated heterocycles. The maximum absolute atomic E-state index is 5.19. The summed E-state index contributed by atoms with van der Waals surface area (Å²) in [6.45, 7) is 9.15. The second-order valence-electron chi connectivity index (χ2n) is 4.51. The Labute approximate surface area is 94.2 Å². The number of hydrogen-bond acceptors (Lipinski definition) is 3. The summed E-state index contributed by atoms with van der Waals surface area (Å²) in [5.41, 5.74) is 0. The fraction of sp³-hybridized carbons (Fsp3) is 1.00. The maximum atomic E-state index is 5.19. The van der Waals surface area contributed by atoms with Crippen LogP contribution in [0.25, 0.3) is 0 Å². The van der Waals surface area contributed by atoms with Crippen LogP contribution in [0.2, 0.25) is 0 Å². The molecular weight excluding hydrogens is 188 g/mol. The number of methoxy groups -OCH3 is 1. The molecule has 0 spiro atoms. The molecule has 15 heavy (non-hydrogen) atoms. The molecule has 1 heterocycles. The molecule has 0 aromatic carbocycles. The average Bonchev–Trinajstić information content (AvgIpc) is 2.66. The van der Waals surface area contributed by atoms with E-state index in [0.717, 1.165) is 19.1 Å². The summed E-state index contributed by atoms with van der Waals surface area (Å²) in [4.78, 5) is 2.54. The van der Waals surface area contributed by atoms with Crippen molar-refractivity contribution in [1.82, 2.24) is 10.2 Å². The third kappa shape index (κ3) is 5.50. The van der Waals surface area contributed by atoms with Gasteiger partial charge in [-0.25, -0.2) is 0 Å². The number of likely N-dealkylation sites (tertiary alicyclic amines) is 1. The van der Waals surface area contributed by atoms with Gasteiger partial charge in [-0.3, -0.25) is 0 Å². The summed E-state index contributed by atoms with van der Waals surface area (Å²) in [6, 6.07) is 0. The normalized spacial score (nSPS) is 22.4. The molecule has 1 fully saturated rings. The Hall–Kier alpha value is -0.120. The Morgan fingerprint density at radius 1 is 1.40 bits per heavy atom. The molecule has 1 atom stereocenters. The van der Waals surface area contributed by atoms with Crippen molar-refractivity contribution in [3.63, 3.8) is 0 Å². The highest BCUT2D eigenvalue weighted by molar-refractivity contribution is 4.75. The number of nitrogens with zero attached hydrogens (tertiary/aromatic N) is 1. The number of rotatable bonds is 8. The molecule has 1 aliphatic heterocycles. The second-order valence-corrected chi connectivity index (χ2v) is 4.51. The fourth-order valence-electron chi connectivity index (χ4n) is 2.15. The molecule has 0 bridgehead atoms. The lowest BCUT2D eigenvalue weighted by molar-refractivity contribution is 0.153. The van der Waals surface area contributed by atoms with Gasteiger partial charge >= 0.3 is 0 Å². The Kier molecular flexibility index (Phi) is 6.98. The van der Waals surface area contributed by atoms with E-state index in [1.165, 1.54) is 45.4 Å². The molecule has 0 aliphatic carbocycles. The van der Waals surface area contributed by atoms with E-state index in [1.54, 1.807) is 7.11 Å². The summed E-state index contributed by atoms with van der Waals surface area (Å²) in [6.07, 6.45) is 3.89. The van der Waals surface area contributed by atoms with Gasteiger partial charge in [0.1, 0.15) is 0 Å². The van der Waals surface area contributed by atoms with E-state index >= 15 is 0 Å². The van der Waals surface area contributed by atoms with Gasteiger partial charge in [0, 0.05) is 26.7 Å². The van der Waals surface area contributed by atoms with Gasteiger partial charge in [-0.1, -0.05) is 13.3 Å². The Bertz CT molecular complexity index is 153. The number of unbranched alkanes of at least 4 members (excludes halogenated alkanes) is 1. The minimum Gasteiger partial charge on any atom is -0.384 e. The summed E-state index contributed by atoms with van der Waals surface area (Å²) in [5.74, 6) is 0.769. The van der Waals surface area contributed by atoms with Crippen molar-refractivity contribution < 1.29 is 4.74 Å². The molecule has 3 heteroatoms. The third-order valence-electron chi connectivity index (χ3n) is 3.08. The van der Waals surface area contributed by atoms with E-state index in [-0.39, 0.29) is 0 Å². The molecule has 1 rings (SSSR count). The highest BCUT2D eigenvalue weighted by Gasteiger charge is 2.21. The molecule has 0 amide bonds. The zero-order valence-corrected chi connectivity index (χ0v) is 10.3. The van der Waals surface area contributed by atoms with Crippen LogP contribution in [0, 0.1) is 5.92 Å². The molecule has 1 aliphatic rings. The van der Waals surface area contributed by atoms with Crippen LogP contribution in [0.3, 0.4) is 0 Å². The van der Waals surface area contributed by atoms with Crippen molar-refractivity contribution in [2.75, 3.05) is 46.4 Å². The SMILES string of the molecule is CCCCNCCN1CCC(COC)C1. The van der Waals surface area contributed by atoms with Gasteiger partial charge in [-0.2, -0.15) is 0 Å². The van der Waals surface area contributed by atoms with Crippen LogP contribution in [-0.2, 0) is 4.74 Å². The molecule has 0 radical (unpaired) electrons. The van der Waals surface area contributed by atoms with E-state index in [2.05, 4.69) is 17.1 Å². The lowest BCUT2D eigenvalue weighted by Gasteiger charge is -2.16. The number of nitrogens with one attached hydrogen (secondary N) is 1. The molecular formula is C12H26N2O. The van der Waals surface area contributed by atoms with Crippen LogP contribution in [0.15, 0.2) is 0 Å². The summed E-state index contributed by atoms with van der Waals surface area (Å²) < 4.78 is 5.19. The molecule has 3 nitrogen and oxygen atoms in total. The van der Waals surface area contributed by atoms with Crippen molar-refractivity contribution >= 4 is 0 Å². The van der Waals surface area contributed by atoms with E-state index in [9.17, 15) is 0 Å². The predicted octanol–water partition coefficient (Wildman–Crippen LogP) is 1.34. The fourth-order valence-corrected chi connectivity index (χ4v) is 2.15. The maximum Gasteiger partial charge on any atom is 0.0503 e. The zero-order valence-electron chi connectivity index (χ0n) is 10.3. The Balaban J connectivity index is 1.94. The minimum atomic E-state index is 0.769. The lowest BCUT2D eigenvalue weighted by Crippen LogP contribution is -2.31. The van der Waals surface area contributed by atoms with Crippen LogP contribution in [0.1, 0.15) is 26.2 Å². The van der Waals surface area contributed by atoms with Gasteiger partial charge in [0.15, 0.2) is 0 Å². The molecule has 0 aromatic rings. The van der Waals surface area contributed by atoms with Gasteiger partial charge in [-0.15, -0.1) is 0 Å². The molecule has 0 saturated carbocycles. The smallest absolute Gasteiger partial charge is 0.0503 e. The summed E-state index contributed by atoms with van der Waals surface area (Å²) in [5, 5.41) is 3.49. The van der Waals surface area contributed by atoms with Crippen molar-refractivity contribution in [2.24, 2.45) is 5.92 Å². The predicted molar refractivity (Wildman–Crippen MR) is 64.2 cm³/mol. The first-order valence-corrected chi connectivity index (χ1v) is 6.28. The lowest BCUT2D eigenvalue weighted by atomic mass is 10.1. The van der Waals surface area contributed by atoms with Gasteiger partial charge in [0.2, 0.25) is 0 Å². The van der Waals surface area contributed by atoms with E-state index in [1.807, 2.05) is 0 Å². The van der Waals surface area contributed by atoms with Crippen LogP contribution < -0.4 is 5.32 Å². The van der Waals surface area contributed by atoms with E-state index in [0.29, 0.717) is 0 Å². The Morgan fingerprint density at radius 3 is 3.00 bits per heavy atom. The molecule has 1 N–H and O–H groups in total. The van der Waals surface area contributed by atoms with E-state index < -0.39 is 0 Å². The van der Waals surface area contributed by atoms with Crippen molar-refractivity contribution in [2.45, 2.75) is 26.2 Å². The minimum absolute atomic E-state index is 0.769. The average molecular weight is 214 g/mol. The van der Waals surface area contributed by atoms with Crippen molar-refractivity contribution in [1.29, 1.82) is 0 Å². The molecule has 0 aromatic heterocycles. The quantitative estimate of drug-likeness (QED) is 0.617.